The number of aliphatic hydroxyl groups is 4. The molecular formula is C33H41F4N5O7. The summed E-state index contributed by atoms with van der Waals surface area (Å²) in [5, 5.41) is 48.5. The average molecular weight is 696 g/mol. The Morgan fingerprint density at radius 1 is 1.14 bits per heavy atom. The van der Waals surface area contributed by atoms with Crippen molar-refractivity contribution in [2.45, 2.75) is 67.9 Å². The van der Waals surface area contributed by atoms with Crippen molar-refractivity contribution in [3.8, 4) is 17.6 Å². The van der Waals surface area contributed by atoms with Crippen LogP contribution in [-0.2, 0) is 11.2 Å². The summed E-state index contributed by atoms with van der Waals surface area (Å²) in [4.78, 5) is 16.0. The van der Waals surface area contributed by atoms with Gasteiger partial charge in [0.2, 0.25) is 0 Å². The lowest BCUT2D eigenvalue weighted by atomic mass is 9.96. The molecule has 1 amide bonds. The Labute approximate surface area is 281 Å². The van der Waals surface area contributed by atoms with Crippen LogP contribution in [0.5, 0.6) is 5.75 Å². The summed E-state index contributed by atoms with van der Waals surface area (Å²) in [6.45, 7) is -0.839. The number of likely N-dealkylation sites (tertiary alicyclic amines) is 1. The lowest BCUT2D eigenvalue weighted by molar-refractivity contribution is -0.252. The smallest absolute Gasteiger partial charge is 0.405 e. The SMILES string of the molecule is COc1cc(C(=O)N[C@@H]2[C@@H](O)[C@H](O)[C@@H](CO)O[C@H]2O)ccc1NCC#CC1Cc2c(N[C@@H]3CCN(C)CC3F)cccc2N1CC(F)(F)F. The Balaban J connectivity index is 1.25. The summed E-state index contributed by atoms with van der Waals surface area (Å²) >= 11 is 0. The van der Waals surface area contributed by atoms with Crippen LogP contribution in [0.25, 0.3) is 0 Å². The number of hydrogen-bond donors (Lipinski definition) is 7. The molecular weight excluding hydrogens is 654 g/mol. The van der Waals surface area contributed by atoms with Gasteiger partial charge in [0.25, 0.3) is 5.91 Å². The van der Waals surface area contributed by atoms with Crippen LogP contribution in [0.15, 0.2) is 36.4 Å². The molecule has 2 aromatic rings. The maximum atomic E-state index is 14.8. The molecule has 3 aliphatic rings. The second kappa shape index (κ2) is 15.4. The number of carbonyl (C=O) groups is 1. The van der Waals surface area contributed by atoms with Gasteiger partial charge in [-0.05, 0) is 43.8 Å². The molecule has 49 heavy (non-hydrogen) atoms. The molecule has 3 aliphatic heterocycles. The largest absolute Gasteiger partial charge is 0.495 e. The lowest BCUT2D eigenvalue weighted by Crippen LogP contribution is -2.64. The van der Waals surface area contributed by atoms with Crippen molar-refractivity contribution in [1.29, 1.82) is 0 Å². The van der Waals surface area contributed by atoms with E-state index in [1.165, 1.54) is 30.2 Å². The van der Waals surface area contributed by atoms with Crippen molar-refractivity contribution in [1.82, 2.24) is 10.2 Å². The second-order valence-corrected chi connectivity index (χ2v) is 12.4. The number of carbonyl (C=O) groups excluding carboxylic acids is 1. The molecule has 3 heterocycles. The molecule has 12 nitrogen and oxygen atoms in total. The first kappa shape index (κ1) is 36.4. The summed E-state index contributed by atoms with van der Waals surface area (Å²) < 4.78 is 66.3. The quantitative estimate of drug-likeness (QED) is 0.149. The summed E-state index contributed by atoms with van der Waals surface area (Å²) in [6.07, 6.45) is -10.9. The van der Waals surface area contributed by atoms with Crippen molar-refractivity contribution in [2.75, 3.05) is 62.5 Å². The third-order valence-electron chi connectivity index (χ3n) is 8.97. The minimum absolute atomic E-state index is 0.0283. The molecule has 7 N–H and O–H groups in total. The first-order chi connectivity index (χ1) is 23.3. The van der Waals surface area contributed by atoms with Gasteiger partial charge in [0.05, 0.1) is 38.0 Å². The molecule has 2 aromatic carbocycles. The number of nitrogens with zero attached hydrogens (tertiary/aromatic N) is 2. The van der Waals surface area contributed by atoms with Crippen LogP contribution in [0.3, 0.4) is 0 Å². The maximum absolute atomic E-state index is 14.8. The van der Waals surface area contributed by atoms with Gasteiger partial charge in [0, 0.05) is 42.0 Å². The van der Waals surface area contributed by atoms with E-state index >= 15 is 0 Å². The third kappa shape index (κ3) is 8.48. The standard InChI is InChI=1S/C33H41F4N5O7/c1-41-12-10-23(21(34)15-41)39-22-6-3-7-25-20(22)14-19(42(25)17-33(35,36)37)5-4-11-38-24-9-8-18(13-26(24)48-2)31(46)40-28-30(45)29(44)27(16-43)49-32(28)47/h3,6-9,13,19,21,23,27-30,32,38-39,43-45,47H,10-12,14-17H2,1-2H3,(H,40,46)/t19?,21?,23-,27-,28-,29-,30-,32-/m1/s1. The normalized spacial score (nSPS) is 28.7. The molecule has 2 saturated heterocycles. The summed E-state index contributed by atoms with van der Waals surface area (Å²) in [6, 6.07) is 6.76. The molecule has 8 atom stereocenters. The summed E-state index contributed by atoms with van der Waals surface area (Å²) in [7, 11) is 3.21. The van der Waals surface area contributed by atoms with Crippen molar-refractivity contribution in [3.63, 3.8) is 0 Å². The monoisotopic (exact) mass is 695 g/mol. The van der Waals surface area contributed by atoms with Gasteiger partial charge in [-0.3, -0.25) is 4.79 Å². The lowest BCUT2D eigenvalue weighted by Gasteiger charge is -2.40. The van der Waals surface area contributed by atoms with Crippen LogP contribution in [0.1, 0.15) is 22.3 Å². The number of methoxy groups -OCH3 is 1. The number of anilines is 3. The van der Waals surface area contributed by atoms with Crippen LogP contribution in [-0.4, -0.2) is 133 Å². The van der Waals surface area contributed by atoms with E-state index in [1.54, 1.807) is 18.2 Å². The number of benzene rings is 2. The molecule has 268 valence electrons. The van der Waals surface area contributed by atoms with Gasteiger partial charge in [-0.25, -0.2) is 4.39 Å². The number of hydrogen-bond acceptors (Lipinski definition) is 11. The van der Waals surface area contributed by atoms with Gasteiger partial charge in [0.15, 0.2) is 6.29 Å². The highest BCUT2D eigenvalue weighted by Gasteiger charge is 2.44. The number of ether oxygens (including phenoxy) is 2. The minimum Gasteiger partial charge on any atom is -0.495 e. The molecule has 0 aliphatic carbocycles. The van der Waals surface area contributed by atoms with Crippen LogP contribution >= 0.6 is 0 Å². The van der Waals surface area contributed by atoms with E-state index in [0.717, 1.165) is 0 Å². The highest BCUT2D eigenvalue weighted by Crippen LogP contribution is 2.39. The van der Waals surface area contributed by atoms with Crippen molar-refractivity contribution in [3.05, 3.63) is 47.5 Å². The van der Waals surface area contributed by atoms with Gasteiger partial charge in [-0.1, -0.05) is 17.9 Å². The Kier molecular flexibility index (Phi) is 11.4. The van der Waals surface area contributed by atoms with Crippen LogP contribution in [0, 0.1) is 11.8 Å². The molecule has 0 spiro atoms. The van der Waals surface area contributed by atoms with E-state index in [4.69, 9.17) is 9.47 Å². The topological polar surface area (TPSA) is 159 Å². The number of rotatable bonds is 9. The van der Waals surface area contributed by atoms with E-state index < -0.39 is 74.1 Å². The predicted octanol–water partition coefficient (Wildman–Crippen LogP) is 1.09. The number of aliphatic hydroxyl groups excluding tert-OH is 4. The number of halogens is 4. The van der Waals surface area contributed by atoms with E-state index in [0.29, 0.717) is 35.6 Å². The van der Waals surface area contributed by atoms with Crippen LogP contribution < -0.4 is 25.6 Å². The molecule has 2 unspecified atom stereocenters. The third-order valence-corrected chi connectivity index (χ3v) is 8.97. The van der Waals surface area contributed by atoms with E-state index in [1.807, 2.05) is 11.9 Å². The molecule has 16 heteroatoms. The Morgan fingerprint density at radius 3 is 2.61 bits per heavy atom. The number of piperidine rings is 1. The highest BCUT2D eigenvalue weighted by atomic mass is 19.4. The fourth-order valence-corrected chi connectivity index (χ4v) is 6.38. The maximum Gasteiger partial charge on any atom is 0.405 e. The van der Waals surface area contributed by atoms with Gasteiger partial charge in [-0.2, -0.15) is 13.2 Å². The number of fused-ring (bicyclic) bond motifs is 1. The second-order valence-electron chi connectivity index (χ2n) is 12.4. The number of nitrogens with one attached hydrogen (secondary N) is 3. The predicted molar refractivity (Wildman–Crippen MR) is 172 cm³/mol. The van der Waals surface area contributed by atoms with Gasteiger partial charge in [-0.15, -0.1) is 0 Å². The highest BCUT2D eigenvalue weighted by molar-refractivity contribution is 5.95. The Hall–Kier alpha value is -3.85. The van der Waals surface area contributed by atoms with Crippen LogP contribution in [0.4, 0.5) is 34.6 Å². The van der Waals surface area contributed by atoms with Gasteiger partial charge in [0.1, 0.15) is 42.8 Å². The van der Waals surface area contributed by atoms with Crippen molar-refractivity contribution < 1.29 is 52.3 Å². The molecule has 0 aromatic heterocycles. The van der Waals surface area contributed by atoms with Crippen LogP contribution in [0.2, 0.25) is 0 Å². The zero-order chi connectivity index (χ0) is 35.5. The first-order valence-corrected chi connectivity index (χ1v) is 15.9. The van der Waals surface area contributed by atoms with E-state index in [-0.39, 0.29) is 30.8 Å². The summed E-state index contributed by atoms with van der Waals surface area (Å²) in [5.41, 5.74) is 2.17. The van der Waals surface area contributed by atoms with Crippen molar-refractivity contribution in [2.24, 2.45) is 0 Å². The fourth-order valence-electron chi connectivity index (χ4n) is 6.38. The molecule has 2 fully saturated rings. The zero-order valence-electron chi connectivity index (χ0n) is 27.0. The van der Waals surface area contributed by atoms with Crippen molar-refractivity contribution >= 4 is 23.0 Å². The van der Waals surface area contributed by atoms with Gasteiger partial charge >= 0.3 is 6.18 Å². The van der Waals surface area contributed by atoms with E-state index in [2.05, 4.69) is 27.8 Å². The minimum atomic E-state index is -4.48. The molecule has 0 radical (unpaired) electrons. The molecule has 0 bridgehead atoms. The summed E-state index contributed by atoms with van der Waals surface area (Å²) in [5.74, 6) is 5.37. The Bertz CT molecular complexity index is 1540. The Morgan fingerprint density at radius 2 is 1.92 bits per heavy atom. The number of amides is 1. The number of alkyl halides is 4. The molecule has 0 saturated carbocycles. The van der Waals surface area contributed by atoms with Gasteiger partial charge < -0.3 is 55.7 Å². The fraction of sp³-hybridized carbons (Fsp3) is 0.545. The first-order valence-electron chi connectivity index (χ1n) is 15.9. The van der Waals surface area contributed by atoms with E-state index in [9.17, 15) is 42.8 Å². The zero-order valence-corrected chi connectivity index (χ0v) is 27.0. The molecule has 5 rings (SSSR count). The average Bonchev–Trinajstić information content (AvgIpc) is 3.40.